The molecule has 28 heavy (non-hydrogen) atoms. The molecule has 0 unspecified atom stereocenters. The zero-order valence-electron chi connectivity index (χ0n) is 16.5. The van der Waals surface area contributed by atoms with Gasteiger partial charge in [0.05, 0.1) is 5.39 Å². The average molecular weight is 380 g/mol. The van der Waals surface area contributed by atoms with Crippen molar-refractivity contribution in [2.45, 2.75) is 40.5 Å². The molecule has 3 aromatic rings. The third-order valence-electron chi connectivity index (χ3n) is 4.63. The number of benzene rings is 2. The Labute approximate surface area is 162 Å². The highest BCUT2D eigenvalue weighted by molar-refractivity contribution is 5.96. The summed E-state index contributed by atoms with van der Waals surface area (Å²) >= 11 is 0. The Morgan fingerprint density at radius 2 is 1.50 bits per heavy atom. The van der Waals surface area contributed by atoms with Crippen LogP contribution in [0.4, 0.5) is 0 Å². The normalized spacial score (nSPS) is 11.0. The number of phenols is 3. The molecule has 0 spiro atoms. The van der Waals surface area contributed by atoms with Crippen LogP contribution in [0.1, 0.15) is 38.8 Å². The average Bonchev–Trinajstić information content (AvgIpc) is 2.58. The third-order valence-corrected chi connectivity index (χ3v) is 4.63. The summed E-state index contributed by atoms with van der Waals surface area (Å²) in [6.07, 6.45) is 4.57. The lowest BCUT2D eigenvalue weighted by Crippen LogP contribution is -2.06. The number of allylic oxidation sites excluding steroid dienone is 4. The van der Waals surface area contributed by atoms with Crippen LogP contribution >= 0.6 is 0 Å². The second-order valence-electron chi connectivity index (χ2n) is 7.48. The lowest BCUT2D eigenvalue weighted by molar-refractivity contribution is 0.443. The van der Waals surface area contributed by atoms with Crippen LogP contribution in [0.3, 0.4) is 0 Å². The van der Waals surface area contributed by atoms with Crippen molar-refractivity contribution in [3.63, 3.8) is 0 Å². The van der Waals surface area contributed by atoms with Gasteiger partial charge in [-0.1, -0.05) is 23.3 Å². The van der Waals surface area contributed by atoms with E-state index in [0.29, 0.717) is 23.8 Å². The molecule has 0 amide bonds. The summed E-state index contributed by atoms with van der Waals surface area (Å²) in [7, 11) is 0. The summed E-state index contributed by atoms with van der Waals surface area (Å²) in [5, 5.41) is 31.4. The number of phenolic OH excluding ortho intramolecular Hbond substituents is 3. The van der Waals surface area contributed by atoms with Gasteiger partial charge in [0.1, 0.15) is 33.8 Å². The van der Waals surface area contributed by atoms with Gasteiger partial charge in [0.25, 0.3) is 0 Å². The molecule has 1 heterocycles. The molecule has 146 valence electrons. The van der Waals surface area contributed by atoms with E-state index in [4.69, 9.17) is 4.42 Å². The molecule has 0 bridgehead atoms. The summed E-state index contributed by atoms with van der Waals surface area (Å²) in [5.41, 5.74) is 2.92. The summed E-state index contributed by atoms with van der Waals surface area (Å²) in [4.78, 5) is 13.3. The molecule has 0 radical (unpaired) electrons. The molecule has 3 rings (SSSR count). The fourth-order valence-electron chi connectivity index (χ4n) is 3.19. The van der Waals surface area contributed by atoms with Crippen molar-refractivity contribution in [1.82, 2.24) is 0 Å². The SMILES string of the molecule is CC(C)=CCc1c(O)cc2oc3cc(O)cc(CC=C(C)C)c3c(=O)c2c1O. The van der Waals surface area contributed by atoms with Crippen LogP contribution in [-0.4, -0.2) is 15.3 Å². The van der Waals surface area contributed by atoms with Gasteiger partial charge < -0.3 is 19.7 Å². The minimum Gasteiger partial charge on any atom is -0.508 e. The first-order valence-electron chi connectivity index (χ1n) is 9.12. The number of hydrogen-bond acceptors (Lipinski definition) is 5. The van der Waals surface area contributed by atoms with E-state index in [1.54, 1.807) is 0 Å². The highest BCUT2D eigenvalue weighted by Gasteiger charge is 2.20. The Bertz CT molecular complexity index is 1190. The number of rotatable bonds is 4. The van der Waals surface area contributed by atoms with Crippen LogP contribution in [-0.2, 0) is 12.8 Å². The van der Waals surface area contributed by atoms with Gasteiger partial charge in [-0.3, -0.25) is 4.79 Å². The van der Waals surface area contributed by atoms with Crippen molar-refractivity contribution in [1.29, 1.82) is 0 Å². The number of hydrogen-bond donors (Lipinski definition) is 3. The topological polar surface area (TPSA) is 90.9 Å². The lowest BCUT2D eigenvalue weighted by Gasteiger charge is -2.11. The van der Waals surface area contributed by atoms with Crippen molar-refractivity contribution in [3.05, 3.63) is 62.8 Å². The van der Waals surface area contributed by atoms with Crippen LogP contribution in [0, 0.1) is 0 Å². The Balaban J connectivity index is 2.38. The van der Waals surface area contributed by atoms with Gasteiger partial charge in [-0.05, 0) is 52.2 Å². The fraction of sp³-hybridized carbons (Fsp3) is 0.261. The van der Waals surface area contributed by atoms with E-state index in [-0.39, 0.29) is 44.8 Å². The highest BCUT2D eigenvalue weighted by Crippen LogP contribution is 2.37. The van der Waals surface area contributed by atoms with Crippen LogP contribution in [0.5, 0.6) is 17.2 Å². The van der Waals surface area contributed by atoms with Crippen LogP contribution < -0.4 is 5.43 Å². The third kappa shape index (κ3) is 3.60. The van der Waals surface area contributed by atoms with Crippen LogP contribution in [0.15, 0.2) is 50.7 Å². The molecule has 0 atom stereocenters. The van der Waals surface area contributed by atoms with E-state index < -0.39 is 0 Å². The minimum atomic E-state index is -0.385. The first kappa shape index (κ1) is 19.5. The smallest absolute Gasteiger partial charge is 0.204 e. The molecule has 0 saturated heterocycles. The summed E-state index contributed by atoms with van der Waals surface area (Å²) in [5.74, 6) is -0.430. The predicted molar refractivity (Wildman–Crippen MR) is 111 cm³/mol. The lowest BCUT2D eigenvalue weighted by atomic mass is 9.99. The van der Waals surface area contributed by atoms with E-state index in [0.717, 1.165) is 11.1 Å². The van der Waals surface area contributed by atoms with Gasteiger partial charge in [-0.25, -0.2) is 0 Å². The second-order valence-corrected chi connectivity index (χ2v) is 7.48. The van der Waals surface area contributed by atoms with Crippen molar-refractivity contribution >= 4 is 21.9 Å². The summed E-state index contributed by atoms with van der Waals surface area (Å²) in [6, 6.07) is 4.24. The van der Waals surface area contributed by atoms with Crippen molar-refractivity contribution in [2.24, 2.45) is 0 Å². The van der Waals surface area contributed by atoms with Gasteiger partial charge >= 0.3 is 0 Å². The quantitative estimate of drug-likeness (QED) is 0.434. The molecule has 0 aliphatic rings. The van der Waals surface area contributed by atoms with Gasteiger partial charge in [-0.15, -0.1) is 0 Å². The number of aromatic hydroxyl groups is 3. The molecule has 0 saturated carbocycles. The minimum absolute atomic E-state index is 0.0132. The zero-order chi connectivity index (χ0) is 20.6. The molecule has 0 aliphatic heterocycles. The molecular formula is C23H24O5. The second kappa shape index (κ2) is 7.43. The maximum absolute atomic E-state index is 13.3. The van der Waals surface area contributed by atoms with Gasteiger partial charge in [0, 0.05) is 17.7 Å². The molecule has 5 heteroatoms. The molecule has 5 nitrogen and oxygen atoms in total. The van der Waals surface area contributed by atoms with Crippen molar-refractivity contribution in [2.75, 3.05) is 0 Å². The van der Waals surface area contributed by atoms with E-state index in [2.05, 4.69) is 0 Å². The monoisotopic (exact) mass is 380 g/mol. The molecule has 1 aromatic heterocycles. The van der Waals surface area contributed by atoms with Gasteiger partial charge in [0.15, 0.2) is 0 Å². The number of fused-ring (bicyclic) bond motifs is 2. The van der Waals surface area contributed by atoms with E-state index in [9.17, 15) is 20.1 Å². The molecule has 0 aliphatic carbocycles. The predicted octanol–water partition coefficient (Wildman–Crippen LogP) is 5.08. The zero-order valence-corrected chi connectivity index (χ0v) is 16.5. The summed E-state index contributed by atoms with van der Waals surface area (Å²) < 4.78 is 5.78. The summed E-state index contributed by atoms with van der Waals surface area (Å²) in [6.45, 7) is 7.73. The van der Waals surface area contributed by atoms with E-state index in [1.165, 1.54) is 18.2 Å². The van der Waals surface area contributed by atoms with E-state index >= 15 is 0 Å². The maximum Gasteiger partial charge on any atom is 0.204 e. The first-order chi connectivity index (χ1) is 13.2. The Kier molecular flexibility index (Phi) is 5.18. The highest BCUT2D eigenvalue weighted by atomic mass is 16.3. The standard InChI is InChI=1S/C23H24O5/c1-12(2)5-7-14-9-15(24)10-18-20(14)23(27)21-19(28-18)11-17(25)16(22(21)26)8-6-13(3)4/h5-6,9-11,24-26H,7-8H2,1-4H3. The Morgan fingerprint density at radius 3 is 2.14 bits per heavy atom. The first-order valence-corrected chi connectivity index (χ1v) is 9.12. The Morgan fingerprint density at radius 1 is 0.893 bits per heavy atom. The van der Waals surface area contributed by atoms with Crippen molar-refractivity contribution < 1.29 is 19.7 Å². The fourth-order valence-corrected chi connectivity index (χ4v) is 3.19. The Hall–Kier alpha value is -3.21. The largest absolute Gasteiger partial charge is 0.508 e. The molecular weight excluding hydrogens is 356 g/mol. The van der Waals surface area contributed by atoms with E-state index in [1.807, 2.05) is 39.8 Å². The molecule has 3 N–H and O–H groups in total. The molecule has 2 aromatic carbocycles. The maximum atomic E-state index is 13.3. The van der Waals surface area contributed by atoms with Gasteiger partial charge in [0.2, 0.25) is 5.43 Å². The van der Waals surface area contributed by atoms with Crippen LogP contribution in [0.2, 0.25) is 0 Å². The van der Waals surface area contributed by atoms with Crippen molar-refractivity contribution in [3.8, 4) is 17.2 Å². The van der Waals surface area contributed by atoms with Crippen LogP contribution in [0.25, 0.3) is 21.9 Å². The molecule has 0 fully saturated rings. The van der Waals surface area contributed by atoms with Gasteiger partial charge in [-0.2, -0.15) is 0 Å².